The summed E-state index contributed by atoms with van der Waals surface area (Å²) in [5.41, 5.74) is 2.29. The summed E-state index contributed by atoms with van der Waals surface area (Å²) in [6.45, 7) is 2.17. The number of nitrogens with zero attached hydrogens (tertiary/aromatic N) is 2. The second kappa shape index (κ2) is 5.79. The van der Waals surface area contributed by atoms with E-state index < -0.39 is 0 Å². The predicted octanol–water partition coefficient (Wildman–Crippen LogP) is 2.95. The number of amides is 2. The first-order valence-corrected chi connectivity index (χ1v) is 7.25. The Kier molecular flexibility index (Phi) is 3.83. The van der Waals surface area contributed by atoms with Crippen LogP contribution in [0.4, 0.5) is 9.18 Å². The van der Waals surface area contributed by atoms with Gasteiger partial charge in [-0.3, -0.25) is 0 Å². The average Bonchev–Trinajstić information content (AvgIpc) is 3.07. The van der Waals surface area contributed by atoms with E-state index in [-0.39, 0.29) is 17.9 Å². The molecule has 1 heterocycles. The summed E-state index contributed by atoms with van der Waals surface area (Å²) < 4.78 is 18.7. The van der Waals surface area contributed by atoms with Gasteiger partial charge < -0.3 is 14.7 Å². The summed E-state index contributed by atoms with van der Waals surface area (Å²) in [6.07, 6.45) is 1.37. The highest BCUT2D eigenvalue weighted by molar-refractivity contribution is 5.74. The van der Waals surface area contributed by atoms with Crippen LogP contribution in [0, 0.1) is 12.7 Å². The second-order valence-corrected chi connectivity index (χ2v) is 5.63. The number of hydrogen-bond donors (Lipinski definition) is 1. The van der Waals surface area contributed by atoms with Gasteiger partial charge in [-0.15, -0.1) is 0 Å². The number of carbonyl (C=O) groups is 1. The average molecular weight is 303 g/mol. The van der Waals surface area contributed by atoms with Gasteiger partial charge in [0.1, 0.15) is 17.3 Å². The molecule has 0 radical (unpaired) electrons. The highest BCUT2D eigenvalue weighted by Crippen LogP contribution is 2.32. The molecule has 116 valence electrons. The molecular formula is C16H18FN3O2. The molecule has 5 nitrogen and oxygen atoms in total. The molecule has 2 aromatic rings. The largest absolute Gasteiger partial charge is 0.361 e. The molecule has 1 aromatic carbocycles. The topological polar surface area (TPSA) is 58.4 Å². The van der Waals surface area contributed by atoms with Gasteiger partial charge in [0.05, 0.1) is 12.6 Å². The number of halogens is 1. The molecule has 1 N–H and O–H groups in total. The van der Waals surface area contributed by atoms with Crippen molar-refractivity contribution in [3.8, 4) is 0 Å². The molecule has 22 heavy (non-hydrogen) atoms. The number of carbonyl (C=O) groups excluding carboxylic acids is 1. The van der Waals surface area contributed by atoms with Crippen LogP contribution in [0.15, 0.2) is 28.8 Å². The number of aromatic nitrogens is 1. The summed E-state index contributed by atoms with van der Waals surface area (Å²) in [6, 6.07) is 6.46. The first-order valence-electron chi connectivity index (χ1n) is 7.25. The summed E-state index contributed by atoms with van der Waals surface area (Å²) >= 11 is 0. The molecule has 1 atom stereocenters. The van der Waals surface area contributed by atoms with Crippen molar-refractivity contribution in [3.05, 3.63) is 52.7 Å². The number of rotatable bonds is 3. The molecule has 0 bridgehead atoms. The lowest BCUT2D eigenvalue weighted by Crippen LogP contribution is -2.38. The van der Waals surface area contributed by atoms with Crippen molar-refractivity contribution in [2.45, 2.75) is 32.4 Å². The van der Waals surface area contributed by atoms with Crippen LogP contribution in [0.5, 0.6) is 0 Å². The van der Waals surface area contributed by atoms with Crippen LogP contribution in [0.1, 0.15) is 35.0 Å². The molecule has 0 fully saturated rings. The SMILES string of the molecule is Cc1cc(CN(C)C(=O)NC2CCc3c(F)cccc32)no1. The van der Waals surface area contributed by atoms with E-state index in [0.29, 0.717) is 30.0 Å². The first kappa shape index (κ1) is 14.6. The van der Waals surface area contributed by atoms with Crippen LogP contribution >= 0.6 is 0 Å². The quantitative estimate of drug-likeness (QED) is 0.948. The van der Waals surface area contributed by atoms with Crippen LogP contribution in [0.3, 0.4) is 0 Å². The van der Waals surface area contributed by atoms with E-state index >= 15 is 0 Å². The Hall–Kier alpha value is -2.37. The van der Waals surface area contributed by atoms with E-state index in [1.807, 2.05) is 6.07 Å². The minimum absolute atomic E-state index is 0.139. The smallest absolute Gasteiger partial charge is 0.317 e. The number of fused-ring (bicyclic) bond motifs is 1. The Morgan fingerprint density at radius 2 is 2.36 bits per heavy atom. The van der Waals surface area contributed by atoms with Gasteiger partial charge >= 0.3 is 6.03 Å². The normalized spacial score (nSPS) is 16.4. The summed E-state index contributed by atoms with van der Waals surface area (Å²) in [5, 5.41) is 6.82. The maximum Gasteiger partial charge on any atom is 0.317 e. The van der Waals surface area contributed by atoms with Gasteiger partial charge in [-0.25, -0.2) is 9.18 Å². The fourth-order valence-electron chi connectivity index (χ4n) is 2.83. The molecule has 1 unspecified atom stereocenters. The van der Waals surface area contributed by atoms with Crippen molar-refractivity contribution in [2.24, 2.45) is 0 Å². The van der Waals surface area contributed by atoms with Crippen molar-refractivity contribution in [1.29, 1.82) is 0 Å². The summed E-state index contributed by atoms with van der Waals surface area (Å²) in [5.74, 6) is 0.518. The van der Waals surface area contributed by atoms with Gasteiger partial charge in [-0.2, -0.15) is 0 Å². The van der Waals surface area contributed by atoms with Crippen molar-refractivity contribution in [1.82, 2.24) is 15.4 Å². The molecule has 2 amide bonds. The number of benzene rings is 1. The van der Waals surface area contributed by atoms with Crippen LogP contribution in [0.25, 0.3) is 0 Å². The predicted molar refractivity (Wildman–Crippen MR) is 78.7 cm³/mol. The third kappa shape index (κ3) is 2.81. The monoisotopic (exact) mass is 303 g/mol. The number of nitrogens with one attached hydrogen (secondary N) is 1. The van der Waals surface area contributed by atoms with E-state index in [2.05, 4.69) is 10.5 Å². The lowest BCUT2D eigenvalue weighted by molar-refractivity contribution is 0.201. The molecule has 6 heteroatoms. The third-order valence-corrected chi connectivity index (χ3v) is 3.93. The van der Waals surface area contributed by atoms with E-state index in [1.54, 1.807) is 26.1 Å². The highest BCUT2D eigenvalue weighted by Gasteiger charge is 2.27. The second-order valence-electron chi connectivity index (χ2n) is 5.63. The van der Waals surface area contributed by atoms with Crippen molar-refractivity contribution < 1.29 is 13.7 Å². The maximum absolute atomic E-state index is 13.7. The molecule has 0 saturated heterocycles. The molecular weight excluding hydrogens is 285 g/mol. The molecule has 1 aliphatic rings. The lowest BCUT2D eigenvalue weighted by Gasteiger charge is -2.20. The van der Waals surface area contributed by atoms with Gasteiger partial charge in [-0.1, -0.05) is 17.3 Å². The van der Waals surface area contributed by atoms with Crippen LogP contribution in [-0.2, 0) is 13.0 Å². The minimum atomic E-state index is -0.206. The van der Waals surface area contributed by atoms with Gasteiger partial charge in [0.25, 0.3) is 0 Å². The van der Waals surface area contributed by atoms with Gasteiger partial charge in [0.15, 0.2) is 0 Å². The van der Waals surface area contributed by atoms with Gasteiger partial charge in [0, 0.05) is 13.1 Å². The zero-order chi connectivity index (χ0) is 15.7. The zero-order valence-corrected chi connectivity index (χ0v) is 12.6. The number of hydrogen-bond acceptors (Lipinski definition) is 3. The van der Waals surface area contributed by atoms with Gasteiger partial charge in [-0.05, 0) is 37.0 Å². The van der Waals surface area contributed by atoms with E-state index in [1.165, 1.54) is 11.0 Å². The van der Waals surface area contributed by atoms with E-state index in [0.717, 1.165) is 12.0 Å². The van der Waals surface area contributed by atoms with Crippen LogP contribution in [0.2, 0.25) is 0 Å². The van der Waals surface area contributed by atoms with Crippen molar-refractivity contribution in [2.75, 3.05) is 7.05 Å². The van der Waals surface area contributed by atoms with E-state index in [9.17, 15) is 9.18 Å². The summed E-state index contributed by atoms with van der Waals surface area (Å²) in [7, 11) is 1.70. The fourth-order valence-corrected chi connectivity index (χ4v) is 2.83. The lowest BCUT2D eigenvalue weighted by atomic mass is 10.1. The van der Waals surface area contributed by atoms with Gasteiger partial charge in [0.2, 0.25) is 0 Å². The number of aryl methyl sites for hydroxylation is 1. The Balaban J connectivity index is 1.64. The molecule has 1 aromatic heterocycles. The maximum atomic E-state index is 13.7. The standard InChI is InChI=1S/C16H18FN3O2/c1-10-8-11(19-22-10)9-20(2)16(21)18-15-7-6-12-13(15)4-3-5-14(12)17/h3-5,8,15H,6-7,9H2,1-2H3,(H,18,21). The Morgan fingerprint density at radius 3 is 3.09 bits per heavy atom. The number of urea groups is 1. The van der Waals surface area contributed by atoms with Crippen LogP contribution in [-0.4, -0.2) is 23.1 Å². The zero-order valence-electron chi connectivity index (χ0n) is 12.6. The minimum Gasteiger partial charge on any atom is -0.361 e. The molecule has 3 rings (SSSR count). The van der Waals surface area contributed by atoms with Crippen LogP contribution < -0.4 is 5.32 Å². The fraction of sp³-hybridized carbons (Fsp3) is 0.375. The summed E-state index contributed by atoms with van der Waals surface area (Å²) in [4.78, 5) is 13.8. The molecule has 1 aliphatic carbocycles. The third-order valence-electron chi connectivity index (χ3n) is 3.93. The molecule has 0 aliphatic heterocycles. The Bertz CT molecular complexity index is 698. The molecule has 0 saturated carbocycles. The van der Waals surface area contributed by atoms with E-state index in [4.69, 9.17) is 4.52 Å². The Labute approximate surface area is 128 Å². The highest BCUT2D eigenvalue weighted by atomic mass is 19.1. The molecule has 0 spiro atoms. The Morgan fingerprint density at radius 1 is 1.55 bits per heavy atom. The van der Waals surface area contributed by atoms with Crippen molar-refractivity contribution in [3.63, 3.8) is 0 Å². The first-order chi connectivity index (χ1) is 10.5. The van der Waals surface area contributed by atoms with Crippen molar-refractivity contribution >= 4 is 6.03 Å².